The normalized spacial score (nSPS) is 11.1. The number of ketones is 1. The highest BCUT2D eigenvalue weighted by atomic mass is 79.9. The second kappa shape index (κ2) is 6.00. The maximum absolute atomic E-state index is 11.4. The van der Waals surface area contributed by atoms with Crippen molar-refractivity contribution in [3.63, 3.8) is 0 Å². The molecule has 0 amide bonds. The zero-order chi connectivity index (χ0) is 13.8. The van der Waals surface area contributed by atoms with Crippen molar-refractivity contribution in [1.82, 2.24) is 0 Å². The van der Waals surface area contributed by atoms with Gasteiger partial charge in [0.25, 0.3) is 0 Å². The maximum Gasteiger partial charge on any atom is 0.506 e. The van der Waals surface area contributed by atoms with Gasteiger partial charge in [-0.25, -0.2) is 4.79 Å². The number of ether oxygens (including phenoxy) is 1. The summed E-state index contributed by atoms with van der Waals surface area (Å²) in [6, 6.07) is 7.08. The number of hydrogen-bond acceptors (Lipinski definition) is 3. The molecule has 0 atom stereocenters. The molecule has 1 N–H and O–H groups in total. The number of carbonyl (C=O) groups excluding carboxylic acids is 1. The van der Waals surface area contributed by atoms with E-state index in [4.69, 9.17) is 9.84 Å². The molecule has 1 rings (SSSR count). The highest BCUT2D eigenvalue weighted by Crippen LogP contribution is 2.18. The minimum Gasteiger partial charge on any atom is -0.450 e. The van der Waals surface area contributed by atoms with Crippen molar-refractivity contribution in [1.29, 1.82) is 0 Å². The Labute approximate surface area is 114 Å². The molecule has 0 radical (unpaired) electrons. The Morgan fingerprint density at radius 3 is 2.28 bits per heavy atom. The summed E-state index contributed by atoms with van der Waals surface area (Å²) in [4.78, 5) is 21.9. The summed E-state index contributed by atoms with van der Waals surface area (Å²) < 4.78 is 4.78. The van der Waals surface area contributed by atoms with Crippen LogP contribution in [0, 0.1) is 0 Å². The van der Waals surface area contributed by atoms with E-state index in [1.54, 1.807) is 26.0 Å². The van der Waals surface area contributed by atoms with Gasteiger partial charge in [-0.2, -0.15) is 0 Å². The van der Waals surface area contributed by atoms with E-state index < -0.39 is 11.8 Å². The van der Waals surface area contributed by atoms with Crippen LogP contribution in [0.2, 0.25) is 0 Å². The van der Waals surface area contributed by atoms with Crippen LogP contribution in [0.3, 0.4) is 0 Å². The lowest BCUT2D eigenvalue weighted by atomic mass is 9.97. The lowest BCUT2D eigenvalue weighted by Crippen LogP contribution is -2.29. The van der Waals surface area contributed by atoms with E-state index in [1.165, 1.54) is 0 Å². The zero-order valence-corrected chi connectivity index (χ0v) is 11.9. The van der Waals surface area contributed by atoms with Crippen molar-refractivity contribution in [2.75, 3.05) is 5.33 Å². The van der Waals surface area contributed by atoms with Crippen LogP contribution in [0.1, 0.15) is 29.8 Å². The Hall–Kier alpha value is -1.36. The van der Waals surface area contributed by atoms with Gasteiger partial charge < -0.3 is 9.84 Å². The van der Waals surface area contributed by atoms with Crippen molar-refractivity contribution in [2.24, 2.45) is 0 Å². The first-order valence-corrected chi connectivity index (χ1v) is 6.56. The summed E-state index contributed by atoms with van der Waals surface area (Å²) in [5.74, 6) is 0.0163. The van der Waals surface area contributed by atoms with Gasteiger partial charge in [0, 0.05) is 12.0 Å². The second-order valence-corrected chi connectivity index (χ2v) is 5.12. The number of rotatable bonds is 5. The molecule has 0 aromatic heterocycles. The Kier molecular flexibility index (Phi) is 4.90. The molecule has 0 spiro atoms. The largest absolute Gasteiger partial charge is 0.506 e. The number of carboxylic acid groups (broad SMARTS) is 1. The van der Waals surface area contributed by atoms with Crippen molar-refractivity contribution in [3.8, 4) is 0 Å². The molecular formula is C13H15BrO4. The van der Waals surface area contributed by atoms with Gasteiger partial charge in [-0.05, 0) is 19.4 Å². The standard InChI is InChI=1S/C13H15BrO4/c1-13(2,18-12(16)17)7-9-3-5-10(6-4-9)11(15)8-14/h3-6H,7-8H2,1-2H3,(H,16,17). The minimum absolute atomic E-state index is 0.0163. The van der Waals surface area contributed by atoms with Gasteiger partial charge >= 0.3 is 6.16 Å². The quantitative estimate of drug-likeness (QED) is 0.514. The van der Waals surface area contributed by atoms with Crippen molar-refractivity contribution in [2.45, 2.75) is 25.9 Å². The number of alkyl halides is 1. The molecule has 0 aliphatic rings. The third kappa shape index (κ3) is 4.49. The summed E-state index contributed by atoms with van der Waals surface area (Å²) in [5, 5.41) is 8.90. The molecule has 0 bridgehead atoms. The summed E-state index contributed by atoms with van der Waals surface area (Å²) in [6.45, 7) is 3.41. The van der Waals surface area contributed by atoms with Crippen molar-refractivity contribution < 1.29 is 19.4 Å². The van der Waals surface area contributed by atoms with Gasteiger partial charge in [0.05, 0.1) is 5.33 Å². The Morgan fingerprint density at radius 1 is 1.28 bits per heavy atom. The number of hydrogen-bond donors (Lipinski definition) is 1. The van der Waals surface area contributed by atoms with E-state index in [2.05, 4.69) is 15.9 Å². The summed E-state index contributed by atoms with van der Waals surface area (Å²) >= 11 is 3.11. The van der Waals surface area contributed by atoms with Crippen LogP contribution < -0.4 is 0 Å². The molecule has 0 unspecified atom stereocenters. The Bertz CT molecular complexity index is 437. The molecular weight excluding hydrogens is 300 g/mol. The smallest absolute Gasteiger partial charge is 0.450 e. The average Bonchev–Trinajstić information content (AvgIpc) is 2.26. The lowest BCUT2D eigenvalue weighted by molar-refractivity contribution is 0.00426. The fraction of sp³-hybridized carbons (Fsp3) is 0.385. The van der Waals surface area contributed by atoms with E-state index >= 15 is 0 Å². The third-order valence-electron chi connectivity index (χ3n) is 2.39. The first-order chi connectivity index (χ1) is 8.34. The number of carbonyl (C=O) groups is 2. The monoisotopic (exact) mass is 314 g/mol. The van der Waals surface area contributed by atoms with Crippen LogP contribution in [0.4, 0.5) is 4.79 Å². The molecule has 0 heterocycles. The number of Topliss-reactive ketones (excluding diaryl/α,β-unsaturated/α-hetero) is 1. The lowest BCUT2D eigenvalue weighted by Gasteiger charge is -2.23. The molecule has 0 aliphatic carbocycles. The van der Waals surface area contributed by atoms with Crippen LogP contribution in [0.25, 0.3) is 0 Å². The SMILES string of the molecule is CC(C)(Cc1ccc(C(=O)CBr)cc1)OC(=O)O. The number of benzene rings is 1. The maximum atomic E-state index is 11.4. The van der Waals surface area contributed by atoms with Gasteiger partial charge in [-0.3, -0.25) is 4.79 Å². The van der Waals surface area contributed by atoms with Gasteiger partial charge in [0.1, 0.15) is 5.60 Å². The van der Waals surface area contributed by atoms with Gasteiger partial charge in [-0.15, -0.1) is 0 Å². The Morgan fingerprint density at radius 2 is 1.83 bits per heavy atom. The average molecular weight is 315 g/mol. The molecule has 98 valence electrons. The van der Waals surface area contributed by atoms with Crippen LogP contribution in [-0.2, 0) is 11.2 Å². The van der Waals surface area contributed by atoms with E-state index in [-0.39, 0.29) is 5.78 Å². The minimum atomic E-state index is -1.29. The Balaban J connectivity index is 2.74. The first kappa shape index (κ1) is 14.7. The van der Waals surface area contributed by atoms with E-state index in [9.17, 15) is 9.59 Å². The molecule has 1 aromatic carbocycles. The topological polar surface area (TPSA) is 63.6 Å². The molecule has 0 fully saturated rings. The zero-order valence-electron chi connectivity index (χ0n) is 10.3. The highest BCUT2D eigenvalue weighted by molar-refractivity contribution is 9.09. The first-order valence-electron chi connectivity index (χ1n) is 5.44. The molecule has 4 nitrogen and oxygen atoms in total. The van der Waals surface area contributed by atoms with Crippen LogP contribution in [0.5, 0.6) is 0 Å². The van der Waals surface area contributed by atoms with E-state index in [1.807, 2.05) is 12.1 Å². The van der Waals surface area contributed by atoms with Crippen LogP contribution in [-0.4, -0.2) is 28.0 Å². The summed E-state index contributed by atoms with van der Waals surface area (Å²) in [5.41, 5.74) is 0.771. The van der Waals surface area contributed by atoms with E-state index in [0.717, 1.165) is 5.56 Å². The van der Waals surface area contributed by atoms with Crippen molar-refractivity contribution >= 4 is 27.9 Å². The summed E-state index contributed by atoms with van der Waals surface area (Å²) in [7, 11) is 0. The fourth-order valence-electron chi connectivity index (χ4n) is 1.65. The molecule has 0 saturated heterocycles. The van der Waals surface area contributed by atoms with Crippen molar-refractivity contribution in [3.05, 3.63) is 35.4 Å². The third-order valence-corrected chi connectivity index (χ3v) is 2.90. The van der Waals surface area contributed by atoms with Gasteiger partial charge in [0.2, 0.25) is 0 Å². The molecule has 18 heavy (non-hydrogen) atoms. The molecule has 1 aromatic rings. The summed E-state index contributed by atoms with van der Waals surface area (Å²) in [6.07, 6.45) is -0.826. The molecule has 0 aliphatic heterocycles. The van der Waals surface area contributed by atoms with Crippen LogP contribution >= 0.6 is 15.9 Å². The van der Waals surface area contributed by atoms with E-state index in [0.29, 0.717) is 17.3 Å². The highest BCUT2D eigenvalue weighted by Gasteiger charge is 2.23. The van der Waals surface area contributed by atoms with Gasteiger partial charge in [0.15, 0.2) is 5.78 Å². The molecule has 5 heteroatoms. The number of halogens is 1. The molecule has 0 saturated carbocycles. The second-order valence-electron chi connectivity index (χ2n) is 4.56. The van der Waals surface area contributed by atoms with Gasteiger partial charge in [-0.1, -0.05) is 40.2 Å². The fourth-order valence-corrected chi connectivity index (χ4v) is 1.97. The predicted molar refractivity (Wildman–Crippen MR) is 71.5 cm³/mol. The van der Waals surface area contributed by atoms with Crippen LogP contribution in [0.15, 0.2) is 24.3 Å². The predicted octanol–water partition coefficient (Wildman–Crippen LogP) is 3.28.